The number of aliphatic hydroxyl groups is 1. The Hall–Kier alpha value is -1.93. The summed E-state index contributed by atoms with van der Waals surface area (Å²) < 4.78 is 11.8. The van der Waals surface area contributed by atoms with Crippen LogP contribution in [0, 0.1) is 18.8 Å². The second-order valence-corrected chi connectivity index (χ2v) is 11.5. The normalized spacial score (nSPS) is 18.7. The van der Waals surface area contributed by atoms with Crippen LogP contribution < -0.4 is 4.74 Å². The van der Waals surface area contributed by atoms with Gasteiger partial charge in [-0.15, -0.1) is 11.3 Å². The Labute approximate surface area is 213 Å². The summed E-state index contributed by atoms with van der Waals surface area (Å²) in [5.41, 5.74) is 2.36. The van der Waals surface area contributed by atoms with E-state index in [0.29, 0.717) is 51.3 Å². The van der Waals surface area contributed by atoms with Gasteiger partial charge in [0.15, 0.2) is 0 Å². The van der Waals surface area contributed by atoms with E-state index in [9.17, 15) is 9.90 Å². The Balaban J connectivity index is 1.40. The summed E-state index contributed by atoms with van der Waals surface area (Å²) in [5.74, 6) is 2.01. The zero-order chi connectivity index (χ0) is 24.8. The molecule has 4 rings (SSSR count). The second kappa shape index (κ2) is 12.3. The number of aryl methyl sites for hydroxylation is 1. The average molecular weight is 501 g/mol. The monoisotopic (exact) mass is 500 g/mol. The van der Waals surface area contributed by atoms with E-state index in [1.54, 1.807) is 11.3 Å². The smallest absolute Gasteiger partial charge is 0.237 e. The summed E-state index contributed by atoms with van der Waals surface area (Å²) in [6.07, 6.45) is 2.71. The molecule has 0 saturated heterocycles. The summed E-state index contributed by atoms with van der Waals surface area (Å²) in [5, 5.41) is 12.7. The number of carbonyl (C=O) groups is 1. The van der Waals surface area contributed by atoms with Gasteiger partial charge in [0.05, 0.1) is 25.3 Å². The number of thiophene rings is 1. The maximum Gasteiger partial charge on any atom is 0.237 e. The van der Waals surface area contributed by atoms with Gasteiger partial charge in [0.25, 0.3) is 0 Å². The number of benzene rings is 1. The highest BCUT2D eigenvalue weighted by Crippen LogP contribution is 2.34. The van der Waals surface area contributed by atoms with Crippen LogP contribution in [-0.4, -0.2) is 72.9 Å². The van der Waals surface area contributed by atoms with E-state index in [4.69, 9.17) is 9.47 Å². The van der Waals surface area contributed by atoms with E-state index in [1.807, 2.05) is 23.1 Å². The lowest BCUT2D eigenvalue weighted by Crippen LogP contribution is -2.48. The molecule has 1 aliphatic heterocycles. The molecule has 2 aliphatic rings. The summed E-state index contributed by atoms with van der Waals surface area (Å²) in [4.78, 5) is 19.1. The average Bonchev–Trinajstić information content (AvgIpc) is 3.49. The van der Waals surface area contributed by atoms with Gasteiger partial charge >= 0.3 is 0 Å². The third-order valence-electron chi connectivity index (χ3n) is 6.62. The lowest BCUT2D eigenvalue weighted by atomic mass is 10.0. The fraction of sp³-hybridized carbons (Fsp3) is 0.607. The number of hydrogen-bond acceptors (Lipinski definition) is 6. The van der Waals surface area contributed by atoms with Crippen molar-refractivity contribution in [3.63, 3.8) is 0 Å². The molecule has 2 atom stereocenters. The molecular weight excluding hydrogens is 460 g/mol. The van der Waals surface area contributed by atoms with Crippen LogP contribution in [-0.2, 0) is 16.0 Å². The molecule has 1 aliphatic carbocycles. The first kappa shape index (κ1) is 26.1. The zero-order valence-electron chi connectivity index (χ0n) is 21.3. The number of carbonyl (C=O) groups excluding carboxylic acids is 1. The number of rotatable bonds is 13. The maximum atomic E-state index is 13.6. The van der Waals surface area contributed by atoms with Crippen LogP contribution in [0.1, 0.15) is 48.7 Å². The lowest BCUT2D eigenvalue weighted by molar-refractivity contribution is -0.136. The summed E-state index contributed by atoms with van der Waals surface area (Å²) in [6, 6.07) is 10.1. The van der Waals surface area contributed by atoms with E-state index in [1.165, 1.54) is 23.3 Å². The van der Waals surface area contributed by atoms with Crippen LogP contribution in [0.15, 0.2) is 35.7 Å². The molecule has 1 N–H and O–H groups in total. The first-order valence-corrected chi connectivity index (χ1v) is 13.8. The molecule has 1 fully saturated rings. The maximum absolute atomic E-state index is 13.6. The van der Waals surface area contributed by atoms with Crippen molar-refractivity contribution in [2.45, 2.75) is 52.2 Å². The molecule has 0 bridgehead atoms. The minimum atomic E-state index is -0.592. The third-order valence-corrected chi connectivity index (χ3v) is 7.61. The van der Waals surface area contributed by atoms with E-state index in [-0.39, 0.29) is 11.9 Å². The fourth-order valence-corrected chi connectivity index (χ4v) is 5.62. The quantitative estimate of drug-likeness (QED) is 0.444. The Bertz CT molecular complexity index is 958. The minimum absolute atomic E-state index is 0.0971. The zero-order valence-corrected chi connectivity index (χ0v) is 22.1. The first-order chi connectivity index (χ1) is 16.9. The highest BCUT2D eigenvalue weighted by Gasteiger charge is 2.34. The molecule has 0 radical (unpaired) electrons. The van der Waals surface area contributed by atoms with Crippen LogP contribution in [0.4, 0.5) is 0 Å². The highest BCUT2D eigenvalue weighted by molar-refractivity contribution is 7.10. The molecule has 7 heteroatoms. The number of nitrogens with zero attached hydrogens (tertiary/aromatic N) is 2. The van der Waals surface area contributed by atoms with E-state index < -0.39 is 6.10 Å². The van der Waals surface area contributed by atoms with Crippen molar-refractivity contribution in [1.82, 2.24) is 9.80 Å². The molecule has 1 aromatic carbocycles. The van der Waals surface area contributed by atoms with Gasteiger partial charge in [-0.3, -0.25) is 9.69 Å². The van der Waals surface area contributed by atoms with Crippen LogP contribution in [0.25, 0.3) is 0 Å². The van der Waals surface area contributed by atoms with Crippen molar-refractivity contribution in [3.05, 3.63) is 51.7 Å². The fourth-order valence-electron chi connectivity index (χ4n) is 4.70. The summed E-state index contributed by atoms with van der Waals surface area (Å²) in [7, 11) is 0. The Morgan fingerprint density at radius 2 is 2.09 bits per heavy atom. The minimum Gasteiger partial charge on any atom is -0.491 e. The Kier molecular flexibility index (Phi) is 9.22. The molecule has 1 amide bonds. The Morgan fingerprint density at radius 3 is 2.83 bits per heavy atom. The molecule has 0 spiro atoms. The largest absolute Gasteiger partial charge is 0.491 e. The molecular formula is C28H40N2O4S. The van der Waals surface area contributed by atoms with Crippen LogP contribution in [0.2, 0.25) is 0 Å². The van der Waals surface area contributed by atoms with Gasteiger partial charge in [-0.25, -0.2) is 0 Å². The molecule has 1 saturated carbocycles. The SMILES string of the molecule is Cc1cccc(OC[C@H]2c3ccsc3CCN2C(=O)CN(CC2CC2)C[C@H](O)COCC(C)C)c1. The van der Waals surface area contributed by atoms with Gasteiger partial charge in [-0.1, -0.05) is 26.0 Å². The molecule has 35 heavy (non-hydrogen) atoms. The lowest BCUT2D eigenvalue weighted by Gasteiger charge is -2.37. The number of amides is 1. The number of hydrogen-bond donors (Lipinski definition) is 1. The van der Waals surface area contributed by atoms with Crippen LogP contribution in [0.3, 0.4) is 0 Å². The van der Waals surface area contributed by atoms with Gasteiger partial charge < -0.3 is 19.5 Å². The summed E-state index contributed by atoms with van der Waals surface area (Å²) >= 11 is 1.76. The van der Waals surface area contributed by atoms with Crippen molar-refractivity contribution >= 4 is 17.2 Å². The van der Waals surface area contributed by atoms with Crippen molar-refractivity contribution in [1.29, 1.82) is 0 Å². The molecule has 2 heterocycles. The molecule has 1 aromatic heterocycles. The predicted molar refractivity (Wildman–Crippen MR) is 140 cm³/mol. The van der Waals surface area contributed by atoms with Gasteiger partial charge in [-0.2, -0.15) is 0 Å². The molecule has 6 nitrogen and oxygen atoms in total. The Morgan fingerprint density at radius 1 is 1.26 bits per heavy atom. The second-order valence-electron chi connectivity index (χ2n) is 10.5. The van der Waals surface area contributed by atoms with Crippen molar-refractivity contribution in [3.8, 4) is 5.75 Å². The number of aliphatic hydroxyl groups excluding tert-OH is 1. The molecule has 2 aromatic rings. The molecule has 0 unspecified atom stereocenters. The van der Waals surface area contributed by atoms with Crippen molar-refractivity contribution in [2.75, 3.05) is 46.0 Å². The molecule has 192 valence electrons. The topological polar surface area (TPSA) is 62.2 Å². The van der Waals surface area contributed by atoms with Gasteiger partial charge in [0.1, 0.15) is 12.4 Å². The van der Waals surface area contributed by atoms with Crippen LogP contribution in [0.5, 0.6) is 5.75 Å². The summed E-state index contributed by atoms with van der Waals surface area (Å²) in [6.45, 7) is 9.97. The van der Waals surface area contributed by atoms with E-state index in [2.05, 4.69) is 43.2 Å². The van der Waals surface area contributed by atoms with Crippen LogP contribution >= 0.6 is 11.3 Å². The van der Waals surface area contributed by atoms with E-state index >= 15 is 0 Å². The number of ether oxygens (including phenoxy) is 2. The highest BCUT2D eigenvalue weighted by atomic mass is 32.1. The predicted octanol–water partition coefficient (Wildman–Crippen LogP) is 4.31. The van der Waals surface area contributed by atoms with E-state index in [0.717, 1.165) is 24.3 Å². The first-order valence-electron chi connectivity index (χ1n) is 12.9. The third kappa shape index (κ3) is 7.78. The standard InChI is InChI=1S/C28H40N2O4S/c1-20(2)17-33-18-23(31)15-29(14-22-7-8-22)16-28(32)30-11-9-27-25(10-12-35-27)26(30)19-34-24-6-4-5-21(3)13-24/h4-6,10,12-13,20,22-23,26,31H,7-9,11,14-19H2,1-3H3/t23-,26-/m0/s1. The van der Waals surface area contributed by atoms with Crippen molar-refractivity contribution < 1.29 is 19.4 Å². The van der Waals surface area contributed by atoms with Crippen molar-refractivity contribution in [2.24, 2.45) is 11.8 Å². The number of fused-ring (bicyclic) bond motifs is 1. The van der Waals surface area contributed by atoms with Gasteiger partial charge in [-0.05, 0) is 72.7 Å². The van der Waals surface area contributed by atoms with Gasteiger partial charge in [0, 0.05) is 31.1 Å². The van der Waals surface area contributed by atoms with Gasteiger partial charge in [0.2, 0.25) is 5.91 Å².